The van der Waals surface area contributed by atoms with Gasteiger partial charge in [-0.2, -0.15) is 13.5 Å². The van der Waals surface area contributed by atoms with Crippen molar-refractivity contribution >= 4 is 22.1 Å². The lowest BCUT2D eigenvalue weighted by atomic mass is 10.1. The average Bonchev–Trinajstić information content (AvgIpc) is 2.79. The molecule has 172 valence electrons. The Kier molecular flexibility index (Phi) is 5.97. The predicted octanol–water partition coefficient (Wildman–Crippen LogP) is 1.54. The molecule has 1 aliphatic rings. The Bertz CT molecular complexity index is 1290. The Morgan fingerprint density at radius 3 is 2.79 bits per heavy atom. The van der Waals surface area contributed by atoms with Gasteiger partial charge in [-0.05, 0) is 13.0 Å². The number of ether oxygens (including phenoxy) is 2. The fraction of sp³-hybridized carbons (Fsp3) is 0.222. The first-order valence-electron chi connectivity index (χ1n) is 9.42. The van der Waals surface area contributed by atoms with E-state index in [2.05, 4.69) is 25.1 Å². The fourth-order valence-electron chi connectivity index (χ4n) is 2.97. The van der Waals surface area contributed by atoms with Crippen molar-refractivity contribution < 1.29 is 27.1 Å². The summed E-state index contributed by atoms with van der Waals surface area (Å²) >= 11 is 0. The largest absolute Gasteiger partial charge is 0.421 e. The van der Waals surface area contributed by atoms with Gasteiger partial charge in [-0.3, -0.25) is 14.6 Å². The Hall–Kier alpha value is -3.98. The number of hydrogen-bond donors (Lipinski definition) is 2. The molecular weight excluding hydrogens is 459 g/mol. The standard InChI is InChI=1S/C18H17FN8O5S/c1-10-15-13(7-12(8-23-15)31-17-22-5-6-24-25-17)32-18(28)27(10)9-11-3-4-21-16(14(11)19)26-33(29,30)20-2/h3-8,10,20H,9H2,1-2H3,(H,21,26)/t10-/m0/s1. The van der Waals surface area contributed by atoms with Crippen LogP contribution in [0.2, 0.25) is 0 Å². The summed E-state index contributed by atoms with van der Waals surface area (Å²) in [7, 11) is -2.81. The van der Waals surface area contributed by atoms with E-state index in [1.807, 2.05) is 9.44 Å². The van der Waals surface area contributed by atoms with E-state index >= 15 is 0 Å². The molecule has 4 rings (SSSR count). The smallest absolute Gasteiger partial charge is 0.416 e. The Morgan fingerprint density at radius 1 is 1.24 bits per heavy atom. The summed E-state index contributed by atoms with van der Waals surface area (Å²) < 4.78 is 53.0. The van der Waals surface area contributed by atoms with Gasteiger partial charge in [-0.1, -0.05) is 5.10 Å². The molecule has 0 bridgehead atoms. The molecule has 0 saturated heterocycles. The number of carbonyl (C=O) groups is 1. The van der Waals surface area contributed by atoms with E-state index in [1.54, 1.807) is 6.92 Å². The lowest BCUT2D eigenvalue weighted by Gasteiger charge is -2.33. The number of halogens is 1. The minimum atomic E-state index is -3.98. The third kappa shape index (κ3) is 4.78. The van der Waals surface area contributed by atoms with E-state index in [-0.39, 0.29) is 29.6 Å². The summed E-state index contributed by atoms with van der Waals surface area (Å²) in [5.41, 5.74) is 0.444. The molecule has 33 heavy (non-hydrogen) atoms. The topological polar surface area (TPSA) is 161 Å². The first kappa shape index (κ1) is 22.2. The zero-order valence-corrected chi connectivity index (χ0v) is 18.1. The number of aromatic nitrogens is 5. The van der Waals surface area contributed by atoms with Crippen LogP contribution in [0.4, 0.5) is 15.0 Å². The molecule has 15 heteroatoms. The van der Waals surface area contributed by atoms with Crippen molar-refractivity contribution in [2.75, 3.05) is 11.8 Å². The van der Waals surface area contributed by atoms with Gasteiger partial charge in [0, 0.05) is 24.9 Å². The van der Waals surface area contributed by atoms with E-state index < -0.39 is 34.0 Å². The van der Waals surface area contributed by atoms with E-state index in [1.165, 1.54) is 48.9 Å². The average molecular weight is 476 g/mol. The summed E-state index contributed by atoms with van der Waals surface area (Å²) in [6, 6.07) is 2.20. The van der Waals surface area contributed by atoms with Crippen molar-refractivity contribution in [3.63, 3.8) is 0 Å². The summed E-state index contributed by atoms with van der Waals surface area (Å²) in [6.45, 7) is 1.48. The number of carbonyl (C=O) groups excluding carboxylic acids is 1. The highest BCUT2D eigenvalue weighted by atomic mass is 32.2. The molecule has 0 spiro atoms. The molecule has 0 fully saturated rings. The van der Waals surface area contributed by atoms with Gasteiger partial charge in [-0.25, -0.2) is 23.9 Å². The molecule has 0 saturated carbocycles. The molecule has 1 aliphatic heterocycles. The Balaban J connectivity index is 1.55. The van der Waals surface area contributed by atoms with Crippen LogP contribution in [-0.4, -0.2) is 51.6 Å². The van der Waals surface area contributed by atoms with E-state index in [0.29, 0.717) is 5.69 Å². The van der Waals surface area contributed by atoms with Crippen LogP contribution < -0.4 is 18.9 Å². The Labute approximate surface area is 187 Å². The molecule has 1 amide bonds. The molecule has 3 aromatic rings. The van der Waals surface area contributed by atoms with Crippen LogP contribution in [0.15, 0.2) is 36.9 Å². The monoisotopic (exact) mass is 476 g/mol. The third-order valence-corrected chi connectivity index (χ3v) is 5.63. The number of nitrogens with zero attached hydrogens (tertiary/aromatic N) is 6. The maximum Gasteiger partial charge on any atom is 0.416 e. The first-order chi connectivity index (χ1) is 15.8. The van der Waals surface area contributed by atoms with Gasteiger partial charge in [0.15, 0.2) is 23.1 Å². The third-order valence-electron chi connectivity index (χ3n) is 4.63. The van der Waals surface area contributed by atoms with Crippen LogP contribution in [0, 0.1) is 5.82 Å². The van der Waals surface area contributed by atoms with Gasteiger partial charge in [0.25, 0.3) is 10.2 Å². The van der Waals surface area contributed by atoms with Gasteiger partial charge in [0.05, 0.1) is 31.2 Å². The van der Waals surface area contributed by atoms with Crippen molar-refractivity contribution in [2.45, 2.75) is 19.5 Å². The van der Waals surface area contributed by atoms with Crippen molar-refractivity contribution in [3.05, 3.63) is 54.0 Å². The molecule has 1 atom stereocenters. The maximum absolute atomic E-state index is 14.9. The zero-order valence-electron chi connectivity index (χ0n) is 17.3. The lowest BCUT2D eigenvalue weighted by Crippen LogP contribution is -2.40. The van der Waals surface area contributed by atoms with Crippen LogP contribution in [0.3, 0.4) is 0 Å². The second-order valence-corrected chi connectivity index (χ2v) is 8.32. The van der Waals surface area contributed by atoms with Gasteiger partial charge in [0.2, 0.25) is 0 Å². The highest BCUT2D eigenvalue weighted by Gasteiger charge is 2.34. The van der Waals surface area contributed by atoms with Crippen LogP contribution in [0.1, 0.15) is 24.2 Å². The molecule has 3 aromatic heterocycles. The summed E-state index contributed by atoms with van der Waals surface area (Å²) in [5.74, 6) is -1.02. The van der Waals surface area contributed by atoms with Gasteiger partial charge < -0.3 is 9.47 Å². The number of nitrogens with one attached hydrogen (secondary N) is 2. The van der Waals surface area contributed by atoms with Gasteiger partial charge in [-0.15, -0.1) is 0 Å². The molecule has 0 aromatic carbocycles. The van der Waals surface area contributed by atoms with Crippen LogP contribution in [0.5, 0.6) is 17.5 Å². The number of rotatable bonds is 7. The molecule has 2 N–H and O–H groups in total. The number of fused-ring (bicyclic) bond motifs is 1. The number of amides is 1. The summed E-state index contributed by atoms with van der Waals surface area (Å²) in [6.07, 6.45) is 4.67. The molecular formula is C18H17FN8O5S. The minimum absolute atomic E-state index is 0.00563. The molecule has 0 aliphatic carbocycles. The zero-order chi connectivity index (χ0) is 23.6. The minimum Gasteiger partial charge on any atom is -0.421 e. The number of anilines is 1. The van der Waals surface area contributed by atoms with Crippen LogP contribution in [-0.2, 0) is 16.8 Å². The van der Waals surface area contributed by atoms with Crippen molar-refractivity contribution in [3.8, 4) is 17.5 Å². The fourth-order valence-corrected chi connectivity index (χ4v) is 3.47. The van der Waals surface area contributed by atoms with Crippen molar-refractivity contribution in [1.82, 2.24) is 34.8 Å². The summed E-state index contributed by atoms with van der Waals surface area (Å²) in [4.78, 5) is 25.8. The second-order valence-electron chi connectivity index (χ2n) is 6.70. The molecule has 4 heterocycles. The van der Waals surface area contributed by atoms with Gasteiger partial charge in [0.1, 0.15) is 5.69 Å². The van der Waals surface area contributed by atoms with E-state index in [9.17, 15) is 17.6 Å². The first-order valence-corrected chi connectivity index (χ1v) is 10.9. The van der Waals surface area contributed by atoms with Crippen LogP contribution in [0.25, 0.3) is 0 Å². The molecule has 0 unspecified atom stereocenters. The normalized spacial score (nSPS) is 15.5. The number of pyridine rings is 2. The molecule has 13 nitrogen and oxygen atoms in total. The van der Waals surface area contributed by atoms with Crippen molar-refractivity contribution in [1.29, 1.82) is 0 Å². The summed E-state index contributed by atoms with van der Waals surface area (Å²) in [5, 5.41) is 7.36. The van der Waals surface area contributed by atoms with E-state index in [0.717, 1.165) is 0 Å². The number of hydrogen-bond acceptors (Lipinski definition) is 10. The van der Waals surface area contributed by atoms with Crippen molar-refractivity contribution in [2.24, 2.45) is 0 Å². The SMILES string of the molecule is CNS(=O)(=O)Nc1nccc(CN2C(=O)Oc3cc(Oc4nccnn4)cnc3[C@@H]2C)c1F. The second kappa shape index (κ2) is 8.87. The lowest BCUT2D eigenvalue weighted by molar-refractivity contribution is 0.114. The highest BCUT2D eigenvalue weighted by Crippen LogP contribution is 2.37. The van der Waals surface area contributed by atoms with E-state index in [4.69, 9.17) is 9.47 Å². The van der Waals surface area contributed by atoms with Crippen LogP contribution >= 0.6 is 0 Å². The maximum atomic E-state index is 14.9. The Morgan fingerprint density at radius 2 is 2.06 bits per heavy atom. The molecule has 0 radical (unpaired) electrons. The predicted molar refractivity (Wildman–Crippen MR) is 110 cm³/mol. The van der Waals surface area contributed by atoms with Gasteiger partial charge >= 0.3 is 12.1 Å². The highest BCUT2D eigenvalue weighted by molar-refractivity contribution is 7.90. The quantitative estimate of drug-likeness (QED) is 0.512.